The van der Waals surface area contributed by atoms with E-state index in [2.05, 4.69) is 10.3 Å². The highest BCUT2D eigenvalue weighted by Gasteiger charge is 2.51. The minimum absolute atomic E-state index is 0.00313. The molecule has 21 heavy (non-hydrogen) atoms. The van der Waals surface area contributed by atoms with Gasteiger partial charge in [-0.1, -0.05) is 12.2 Å². The van der Waals surface area contributed by atoms with Gasteiger partial charge < -0.3 is 10.4 Å². The molecule has 2 unspecified atom stereocenters. The number of carboxylic acids is 1. The third-order valence-electron chi connectivity index (χ3n) is 4.65. The molecule has 0 spiro atoms. The Kier molecular flexibility index (Phi) is 3.49. The normalized spacial score (nSPS) is 29.6. The number of pyridine rings is 1. The number of hydrogen-bond acceptors (Lipinski definition) is 3. The molecule has 1 aromatic heterocycles. The monoisotopic (exact) mass is 286 g/mol. The Balaban J connectivity index is 1.69. The van der Waals surface area contributed by atoms with Crippen LogP contribution in [0.5, 0.6) is 0 Å². The van der Waals surface area contributed by atoms with Crippen molar-refractivity contribution in [2.75, 3.05) is 0 Å². The number of carbonyl (C=O) groups excluding carboxylic acids is 1. The fraction of sp³-hybridized carbons (Fsp3) is 0.438. The summed E-state index contributed by atoms with van der Waals surface area (Å²) in [5, 5.41) is 12.2. The van der Waals surface area contributed by atoms with E-state index >= 15 is 0 Å². The third kappa shape index (κ3) is 2.44. The van der Waals surface area contributed by atoms with Crippen molar-refractivity contribution in [3.8, 4) is 0 Å². The summed E-state index contributed by atoms with van der Waals surface area (Å²) in [5.41, 5.74) is 2.02. The number of nitrogens with zero attached hydrogens (tertiary/aromatic N) is 1. The molecule has 1 aromatic rings. The summed E-state index contributed by atoms with van der Waals surface area (Å²) in [6.45, 7) is 2.35. The number of allylic oxidation sites excluding steroid dienone is 2. The summed E-state index contributed by atoms with van der Waals surface area (Å²) in [7, 11) is 0. The van der Waals surface area contributed by atoms with Crippen LogP contribution in [0.3, 0.4) is 0 Å². The number of aliphatic carboxylic acids is 1. The Labute approximate surface area is 123 Å². The van der Waals surface area contributed by atoms with Crippen LogP contribution in [0.2, 0.25) is 0 Å². The summed E-state index contributed by atoms with van der Waals surface area (Å²) in [6.07, 6.45) is 8.15. The van der Waals surface area contributed by atoms with Crippen LogP contribution in [-0.4, -0.2) is 22.0 Å². The van der Waals surface area contributed by atoms with Gasteiger partial charge in [0.15, 0.2) is 0 Å². The van der Waals surface area contributed by atoms with Crippen molar-refractivity contribution in [3.05, 3.63) is 41.7 Å². The summed E-state index contributed by atoms with van der Waals surface area (Å²) in [5.74, 6) is -2.01. The highest BCUT2D eigenvalue weighted by Crippen LogP contribution is 2.48. The lowest BCUT2D eigenvalue weighted by Gasteiger charge is -2.24. The van der Waals surface area contributed by atoms with Gasteiger partial charge in [-0.05, 0) is 42.4 Å². The highest BCUT2D eigenvalue weighted by atomic mass is 16.4. The maximum atomic E-state index is 12.4. The Bertz CT molecular complexity index is 611. The molecule has 0 radical (unpaired) electrons. The summed E-state index contributed by atoms with van der Waals surface area (Å²) in [4.78, 5) is 27.9. The molecule has 2 aliphatic rings. The van der Waals surface area contributed by atoms with Crippen LogP contribution in [0.4, 0.5) is 0 Å². The van der Waals surface area contributed by atoms with Gasteiger partial charge in [-0.2, -0.15) is 0 Å². The first-order chi connectivity index (χ1) is 10.1. The number of fused-ring (bicyclic) bond motifs is 2. The maximum Gasteiger partial charge on any atom is 0.307 e. The quantitative estimate of drug-likeness (QED) is 0.823. The summed E-state index contributed by atoms with van der Waals surface area (Å²) >= 11 is 0. The first-order valence-electron chi connectivity index (χ1n) is 7.16. The van der Waals surface area contributed by atoms with Gasteiger partial charge in [0.2, 0.25) is 5.91 Å². The number of aromatic nitrogens is 1. The van der Waals surface area contributed by atoms with Gasteiger partial charge in [-0.25, -0.2) is 0 Å². The van der Waals surface area contributed by atoms with Crippen LogP contribution in [-0.2, 0) is 16.1 Å². The zero-order valence-electron chi connectivity index (χ0n) is 11.8. The lowest BCUT2D eigenvalue weighted by atomic mass is 9.82. The first-order valence-corrected chi connectivity index (χ1v) is 7.16. The maximum absolute atomic E-state index is 12.4. The highest BCUT2D eigenvalue weighted by molar-refractivity contribution is 5.86. The van der Waals surface area contributed by atoms with Gasteiger partial charge in [0, 0.05) is 18.9 Å². The minimum Gasteiger partial charge on any atom is -0.481 e. The average molecular weight is 286 g/mol. The third-order valence-corrected chi connectivity index (χ3v) is 4.65. The van der Waals surface area contributed by atoms with Crippen LogP contribution in [0.1, 0.15) is 17.5 Å². The molecule has 2 bridgehead atoms. The Morgan fingerprint density at radius 3 is 2.71 bits per heavy atom. The molecule has 0 aromatic carbocycles. The SMILES string of the molecule is Cc1ccncc1CNC(=O)[C@H]1C2C=CC(C2)[C@H]1C(=O)O. The van der Waals surface area contributed by atoms with Gasteiger partial charge in [0.25, 0.3) is 0 Å². The van der Waals surface area contributed by atoms with Crippen LogP contribution in [0.25, 0.3) is 0 Å². The van der Waals surface area contributed by atoms with Crippen LogP contribution < -0.4 is 5.32 Å². The van der Waals surface area contributed by atoms with Crippen LogP contribution in [0, 0.1) is 30.6 Å². The van der Waals surface area contributed by atoms with Crippen LogP contribution in [0.15, 0.2) is 30.6 Å². The largest absolute Gasteiger partial charge is 0.481 e. The first kappa shape index (κ1) is 13.8. The zero-order chi connectivity index (χ0) is 15.0. The number of hydrogen-bond donors (Lipinski definition) is 2. The van der Waals surface area contributed by atoms with Gasteiger partial charge in [0.05, 0.1) is 11.8 Å². The van der Waals surface area contributed by atoms with Gasteiger partial charge >= 0.3 is 5.97 Å². The van der Waals surface area contributed by atoms with E-state index < -0.39 is 17.8 Å². The van der Waals surface area contributed by atoms with Crippen LogP contribution >= 0.6 is 0 Å². The molecule has 0 saturated heterocycles. The Morgan fingerprint density at radius 1 is 1.33 bits per heavy atom. The summed E-state index contributed by atoms with van der Waals surface area (Å²) in [6, 6.07) is 1.89. The van der Waals surface area contributed by atoms with Gasteiger partial charge in [0.1, 0.15) is 0 Å². The molecule has 5 heteroatoms. The molecule has 2 N–H and O–H groups in total. The Hall–Kier alpha value is -2.17. The van der Waals surface area contributed by atoms with Gasteiger partial charge in [-0.15, -0.1) is 0 Å². The predicted octanol–water partition coefficient (Wildman–Crippen LogP) is 1.53. The van der Waals surface area contributed by atoms with Crippen molar-refractivity contribution < 1.29 is 14.7 Å². The van der Waals surface area contributed by atoms with E-state index in [4.69, 9.17) is 0 Å². The molecule has 110 valence electrons. The molecule has 4 atom stereocenters. The second-order valence-corrected chi connectivity index (χ2v) is 5.86. The molecule has 5 nitrogen and oxygen atoms in total. The topological polar surface area (TPSA) is 79.3 Å². The van der Waals surface area contributed by atoms with Crippen molar-refractivity contribution in [1.82, 2.24) is 10.3 Å². The average Bonchev–Trinajstić information content (AvgIpc) is 3.06. The van der Waals surface area contributed by atoms with E-state index in [-0.39, 0.29) is 17.7 Å². The standard InChI is InChI=1S/C16H18N2O3/c1-9-4-5-17-7-12(9)8-18-15(19)13-10-2-3-11(6-10)14(13)16(20)21/h2-5,7,10-11,13-14H,6,8H2,1H3,(H,18,19)(H,20,21)/t10?,11?,13-,14+/m0/s1. The fourth-order valence-electron chi connectivity index (χ4n) is 3.50. The predicted molar refractivity (Wildman–Crippen MR) is 76.2 cm³/mol. The van der Waals surface area contributed by atoms with Crippen molar-refractivity contribution in [1.29, 1.82) is 0 Å². The van der Waals surface area contributed by atoms with E-state index in [0.717, 1.165) is 17.5 Å². The molecular formula is C16H18N2O3. The van der Waals surface area contributed by atoms with Crippen molar-refractivity contribution in [2.45, 2.75) is 19.9 Å². The van der Waals surface area contributed by atoms with E-state index in [0.29, 0.717) is 6.54 Å². The fourth-order valence-corrected chi connectivity index (χ4v) is 3.50. The summed E-state index contributed by atoms with van der Waals surface area (Å²) < 4.78 is 0. The molecule has 3 rings (SSSR count). The van der Waals surface area contributed by atoms with E-state index in [1.807, 2.05) is 25.1 Å². The number of carboxylic acid groups (broad SMARTS) is 1. The lowest BCUT2D eigenvalue weighted by molar-refractivity contribution is -0.147. The molecular weight excluding hydrogens is 268 g/mol. The number of carbonyl (C=O) groups is 2. The molecule has 1 amide bonds. The van der Waals surface area contributed by atoms with Crippen molar-refractivity contribution in [3.63, 3.8) is 0 Å². The van der Waals surface area contributed by atoms with Gasteiger partial charge in [-0.3, -0.25) is 14.6 Å². The zero-order valence-corrected chi connectivity index (χ0v) is 11.8. The lowest BCUT2D eigenvalue weighted by Crippen LogP contribution is -2.40. The smallest absolute Gasteiger partial charge is 0.307 e. The van der Waals surface area contributed by atoms with E-state index in [1.54, 1.807) is 12.4 Å². The Morgan fingerprint density at radius 2 is 2.05 bits per heavy atom. The molecule has 2 aliphatic carbocycles. The van der Waals surface area contributed by atoms with Crippen molar-refractivity contribution >= 4 is 11.9 Å². The number of amides is 1. The second kappa shape index (κ2) is 5.31. The second-order valence-electron chi connectivity index (χ2n) is 5.86. The number of rotatable bonds is 4. The van der Waals surface area contributed by atoms with E-state index in [9.17, 15) is 14.7 Å². The van der Waals surface area contributed by atoms with E-state index in [1.165, 1.54) is 0 Å². The molecule has 1 saturated carbocycles. The molecule has 1 fully saturated rings. The minimum atomic E-state index is -0.871. The molecule has 1 heterocycles. The number of nitrogens with one attached hydrogen (secondary N) is 1. The number of aryl methyl sites for hydroxylation is 1. The molecule has 0 aliphatic heterocycles. The van der Waals surface area contributed by atoms with Crippen molar-refractivity contribution in [2.24, 2.45) is 23.7 Å².